The van der Waals surface area contributed by atoms with Gasteiger partial charge in [-0.2, -0.15) is 0 Å². The molecule has 0 radical (unpaired) electrons. The lowest BCUT2D eigenvalue weighted by atomic mass is 10.2. The topological polar surface area (TPSA) is 93.5 Å². The Morgan fingerprint density at radius 1 is 1.60 bits per heavy atom. The number of halogens is 1. The van der Waals surface area contributed by atoms with Gasteiger partial charge in [-0.3, -0.25) is 14.9 Å². The fraction of sp³-hybridized carbons (Fsp3) is 0.417. The summed E-state index contributed by atoms with van der Waals surface area (Å²) in [6, 6.07) is 3.89. The van der Waals surface area contributed by atoms with Gasteiger partial charge >= 0.3 is 0 Å². The Balaban J connectivity index is 2.03. The summed E-state index contributed by atoms with van der Waals surface area (Å²) >= 11 is 3.21. The van der Waals surface area contributed by atoms with E-state index in [-0.39, 0.29) is 23.7 Å². The zero-order chi connectivity index (χ0) is 14.7. The predicted molar refractivity (Wildman–Crippen MR) is 76.6 cm³/mol. The number of anilines is 1. The average molecular weight is 344 g/mol. The van der Waals surface area contributed by atoms with Gasteiger partial charge in [0.25, 0.3) is 5.69 Å². The SMILES string of the molecule is COC1CNC(C(=O)Nc2ccc([N+](=O)[O-])cc2Br)C1. The fourth-order valence-corrected chi connectivity index (χ4v) is 2.49. The van der Waals surface area contributed by atoms with Crippen LogP contribution in [-0.4, -0.2) is 36.6 Å². The third kappa shape index (κ3) is 3.33. The summed E-state index contributed by atoms with van der Waals surface area (Å²) in [5.41, 5.74) is 0.469. The minimum Gasteiger partial charge on any atom is -0.380 e. The highest BCUT2D eigenvalue weighted by Gasteiger charge is 2.29. The number of nitro benzene ring substituents is 1. The number of carbonyl (C=O) groups is 1. The van der Waals surface area contributed by atoms with Crippen molar-refractivity contribution in [3.63, 3.8) is 0 Å². The van der Waals surface area contributed by atoms with Gasteiger partial charge in [0.15, 0.2) is 0 Å². The molecule has 1 aromatic carbocycles. The molecule has 0 aromatic heterocycles. The van der Waals surface area contributed by atoms with Crippen LogP contribution in [0.25, 0.3) is 0 Å². The number of nitrogens with zero attached hydrogens (tertiary/aromatic N) is 1. The highest BCUT2D eigenvalue weighted by atomic mass is 79.9. The Labute approximate surface area is 124 Å². The maximum Gasteiger partial charge on any atom is 0.270 e. The number of nitrogens with one attached hydrogen (secondary N) is 2. The number of rotatable bonds is 4. The smallest absolute Gasteiger partial charge is 0.270 e. The van der Waals surface area contributed by atoms with Crippen molar-refractivity contribution in [3.05, 3.63) is 32.8 Å². The molecule has 7 nitrogen and oxygen atoms in total. The van der Waals surface area contributed by atoms with Crippen molar-refractivity contribution in [1.29, 1.82) is 0 Å². The fourth-order valence-electron chi connectivity index (χ4n) is 2.02. The molecule has 1 aliphatic rings. The molecule has 0 aliphatic carbocycles. The van der Waals surface area contributed by atoms with E-state index in [1.165, 1.54) is 18.2 Å². The molecular formula is C12H14BrN3O4. The maximum atomic E-state index is 12.1. The number of nitro groups is 1. The van der Waals surface area contributed by atoms with E-state index < -0.39 is 4.92 Å². The van der Waals surface area contributed by atoms with E-state index in [0.29, 0.717) is 23.1 Å². The monoisotopic (exact) mass is 343 g/mol. The molecule has 2 rings (SSSR count). The molecule has 8 heteroatoms. The van der Waals surface area contributed by atoms with Gasteiger partial charge in [0.2, 0.25) is 5.91 Å². The van der Waals surface area contributed by atoms with Crippen molar-refractivity contribution in [2.24, 2.45) is 0 Å². The Kier molecular flexibility index (Phi) is 4.69. The minimum atomic E-state index is -0.488. The first-order valence-corrected chi connectivity index (χ1v) is 6.81. The molecule has 1 aromatic rings. The third-order valence-corrected chi connectivity index (χ3v) is 3.82. The van der Waals surface area contributed by atoms with E-state index in [1.807, 2.05) is 0 Å². The average Bonchev–Trinajstić information content (AvgIpc) is 2.89. The zero-order valence-electron chi connectivity index (χ0n) is 10.8. The Hall–Kier alpha value is -1.51. The molecule has 108 valence electrons. The van der Waals surface area contributed by atoms with E-state index in [2.05, 4.69) is 26.6 Å². The number of ether oxygens (including phenoxy) is 1. The molecule has 20 heavy (non-hydrogen) atoms. The highest BCUT2D eigenvalue weighted by molar-refractivity contribution is 9.10. The number of hydrogen-bond donors (Lipinski definition) is 2. The van der Waals surface area contributed by atoms with Crippen LogP contribution in [0.4, 0.5) is 11.4 Å². The normalized spacial score (nSPS) is 21.7. The van der Waals surface area contributed by atoms with Crippen LogP contribution in [0.3, 0.4) is 0 Å². The van der Waals surface area contributed by atoms with E-state index in [1.54, 1.807) is 7.11 Å². The van der Waals surface area contributed by atoms with Gasteiger partial charge in [0.05, 0.1) is 22.8 Å². The second kappa shape index (κ2) is 6.29. The van der Waals surface area contributed by atoms with Gasteiger partial charge in [-0.15, -0.1) is 0 Å². The van der Waals surface area contributed by atoms with Crippen LogP contribution in [0.2, 0.25) is 0 Å². The van der Waals surface area contributed by atoms with Crippen molar-refractivity contribution in [2.45, 2.75) is 18.6 Å². The minimum absolute atomic E-state index is 0.0334. The number of carbonyl (C=O) groups excluding carboxylic acids is 1. The summed E-state index contributed by atoms with van der Waals surface area (Å²) in [5.74, 6) is -0.181. The van der Waals surface area contributed by atoms with Crippen molar-refractivity contribution in [2.75, 3.05) is 19.0 Å². The molecule has 0 bridgehead atoms. The first-order chi connectivity index (χ1) is 9.51. The summed E-state index contributed by atoms with van der Waals surface area (Å²) in [4.78, 5) is 22.2. The summed E-state index contributed by atoms with van der Waals surface area (Å²) < 4.78 is 5.65. The number of non-ortho nitro benzene ring substituents is 1. The van der Waals surface area contributed by atoms with Crippen molar-refractivity contribution in [1.82, 2.24) is 5.32 Å². The van der Waals surface area contributed by atoms with Gasteiger partial charge in [-0.25, -0.2) is 0 Å². The zero-order valence-corrected chi connectivity index (χ0v) is 12.3. The Bertz CT molecular complexity index is 537. The van der Waals surface area contributed by atoms with Crippen LogP contribution in [0.15, 0.2) is 22.7 Å². The van der Waals surface area contributed by atoms with Gasteiger partial charge in [-0.05, 0) is 28.4 Å². The third-order valence-electron chi connectivity index (χ3n) is 3.16. The van der Waals surface area contributed by atoms with E-state index in [0.717, 1.165) is 0 Å². The van der Waals surface area contributed by atoms with Crippen LogP contribution in [0, 0.1) is 10.1 Å². The van der Waals surface area contributed by atoms with Crippen LogP contribution >= 0.6 is 15.9 Å². The second-order valence-corrected chi connectivity index (χ2v) is 5.32. The number of benzene rings is 1. The van der Waals surface area contributed by atoms with Crippen LogP contribution in [0.1, 0.15) is 6.42 Å². The van der Waals surface area contributed by atoms with Crippen molar-refractivity contribution in [3.8, 4) is 0 Å². The maximum absolute atomic E-state index is 12.1. The van der Waals surface area contributed by atoms with Crippen LogP contribution < -0.4 is 10.6 Å². The Morgan fingerprint density at radius 3 is 2.90 bits per heavy atom. The molecule has 2 unspecified atom stereocenters. The standard InChI is InChI=1S/C12H14BrN3O4/c1-20-8-5-11(14-6-8)12(17)15-10-3-2-7(16(18)19)4-9(10)13/h2-4,8,11,14H,5-6H2,1H3,(H,15,17). The van der Waals surface area contributed by atoms with E-state index in [4.69, 9.17) is 4.74 Å². The predicted octanol–water partition coefficient (Wildman–Crippen LogP) is 1.67. The van der Waals surface area contributed by atoms with Gasteiger partial charge in [-0.1, -0.05) is 0 Å². The number of amides is 1. The number of methoxy groups -OCH3 is 1. The summed E-state index contributed by atoms with van der Waals surface area (Å²) in [5, 5.41) is 16.4. The molecule has 1 amide bonds. The first-order valence-electron chi connectivity index (χ1n) is 6.02. The highest BCUT2D eigenvalue weighted by Crippen LogP contribution is 2.27. The molecule has 1 aliphatic heterocycles. The second-order valence-electron chi connectivity index (χ2n) is 4.46. The lowest BCUT2D eigenvalue weighted by Crippen LogP contribution is -2.35. The summed E-state index contributed by atoms with van der Waals surface area (Å²) in [6.45, 7) is 0.635. The van der Waals surface area contributed by atoms with Gasteiger partial charge < -0.3 is 15.4 Å². The Morgan fingerprint density at radius 2 is 2.35 bits per heavy atom. The van der Waals surface area contributed by atoms with Crippen molar-refractivity contribution < 1.29 is 14.5 Å². The molecule has 0 saturated carbocycles. The van der Waals surface area contributed by atoms with Gasteiger partial charge in [0, 0.05) is 30.3 Å². The largest absolute Gasteiger partial charge is 0.380 e. The van der Waals surface area contributed by atoms with Crippen LogP contribution in [-0.2, 0) is 9.53 Å². The number of hydrogen-bond acceptors (Lipinski definition) is 5. The summed E-state index contributed by atoms with van der Waals surface area (Å²) in [7, 11) is 1.61. The van der Waals surface area contributed by atoms with E-state index in [9.17, 15) is 14.9 Å². The van der Waals surface area contributed by atoms with Crippen LogP contribution in [0.5, 0.6) is 0 Å². The summed E-state index contributed by atoms with van der Waals surface area (Å²) in [6.07, 6.45) is 0.637. The lowest BCUT2D eigenvalue weighted by Gasteiger charge is -2.12. The molecular weight excluding hydrogens is 330 g/mol. The van der Waals surface area contributed by atoms with Gasteiger partial charge in [0.1, 0.15) is 0 Å². The molecule has 2 N–H and O–H groups in total. The molecule has 2 atom stereocenters. The quantitative estimate of drug-likeness (QED) is 0.640. The molecule has 1 fully saturated rings. The van der Waals surface area contributed by atoms with E-state index >= 15 is 0 Å². The molecule has 1 heterocycles. The molecule has 0 spiro atoms. The van der Waals surface area contributed by atoms with Crippen molar-refractivity contribution >= 4 is 33.2 Å². The molecule has 1 saturated heterocycles. The first kappa shape index (κ1) is 14.9. The lowest BCUT2D eigenvalue weighted by molar-refractivity contribution is -0.384.